The van der Waals surface area contributed by atoms with Crippen molar-refractivity contribution in [2.24, 2.45) is 0 Å². The fourth-order valence-electron chi connectivity index (χ4n) is 8.44. The molecular formula is C54H37N3S. The van der Waals surface area contributed by atoms with E-state index in [0.29, 0.717) is 0 Å². The Morgan fingerprint density at radius 2 is 0.741 bits per heavy atom. The van der Waals surface area contributed by atoms with Crippen LogP contribution in [-0.4, -0.2) is 0 Å². The molecule has 0 fully saturated rings. The molecule has 0 unspecified atom stereocenters. The molecule has 274 valence electrons. The van der Waals surface area contributed by atoms with Crippen LogP contribution in [-0.2, 0) is 0 Å². The summed E-state index contributed by atoms with van der Waals surface area (Å²) in [5.41, 5.74) is 14.9. The van der Waals surface area contributed by atoms with Crippen LogP contribution in [0.25, 0.3) is 42.4 Å². The third-order valence-electron chi connectivity index (χ3n) is 11.2. The number of hydrogen-bond donors (Lipinski definition) is 0. The van der Waals surface area contributed by atoms with Crippen molar-refractivity contribution < 1.29 is 0 Å². The number of rotatable bonds is 7. The maximum absolute atomic E-state index is 2.40. The summed E-state index contributed by atoms with van der Waals surface area (Å²) in [5.74, 6) is 0. The second-order valence-corrected chi connectivity index (χ2v) is 15.7. The first kappa shape index (κ1) is 33.9. The van der Waals surface area contributed by atoms with Crippen LogP contribution in [0, 0.1) is 0 Å². The fourth-order valence-corrected chi connectivity index (χ4v) is 9.58. The number of hydrogen-bond acceptors (Lipinski definition) is 4. The van der Waals surface area contributed by atoms with E-state index in [1.165, 1.54) is 31.3 Å². The van der Waals surface area contributed by atoms with Crippen molar-refractivity contribution in [3.63, 3.8) is 0 Å². The lowest BCUT2D eigenvalue weighted by Gasteiger charge is -2.40. The van der Waals surface area contributed by atoms with Gasteiger partial charge in [0.1, 0.15) is 0 Å². The van der Waals surface area contributed by atoms with Gasteiger partial charge in [-0.15, -0.1) is 11.3 Å². The molecule has 4 heteroatoms. The zero-order valence-corrected chi connectivity index (χ0v) is 32.4. The maximum Gasteiger partial charge on any atom is 0.0703 e. The van der Waals surface area contributed by atoms with Gasteiger partial charge in [0.2, 0.25) is 0 Å². The van der Waals surface area contributed by atoms with Crippen molar-refractivity contribution in [2.75, 3.05) is 14.7 Å². The first-order valence-electron chi connectivity index (χ1n) is 19.7. The van der Waals surface area contributed by atoms with E-state index in [-0.39, 0.29) is 0 Å². The van der Waals surface area contributed by atoms with Gasteiger partial charge in [-0.2, -0.15) is 0 Å². The molecule has 0 radical (unpaired) electrons. The summed E-state index contributed by atoms with van der Waals surface area (Å²) >= 11 is 1.85. The molecule has 10 aromatic rings. The summed E-state index contributed by atoms with van der Waals surface area (Å²) in [7, 11) is 0. The largest absolute Gasteiger partial charge is 0.310 e. The van der Waals surface area contributed by atoms with Crippen molar-refractivity contribution in [3.05, 3.63) is 224 Å². The highest BCUT2D eigenvalue weighted by molar-refractivity contribution is 7.25. The highest BCUT2D eigenvalue weighted by atomic mass is 32.1. The minimum absolute atomic E-state index is 1.10. The van der Waals surface area contributed by atoms with Gasteiger partial charge in [0, 0.05) is 48.6 Å². The molecule has 0 bridgehead atoms. The van der Waals surface area contributed by atoms with Crippen molar-refractivity contribution >= 4 is 82.7 Å². The van der Waals surface area contributed by atoms with Crippen molar-refractivity contribution in [3.8, 4) is 22.3 Å². The maximum atomic E-state index is 2.40. The molecule has 0 saturated heterocycles. The topological polar surface area (TPSA) is 9.72 Å². The first-order chi connectivity index (χ1) is 28.8. The summed E-state index contributed by atoms with van der Waals surface area (Å²) in [6.07, 6.45) is 0. The lowest BCUT2D eigenvalue weighted by Crippen LogP contribution is -2.23. The Balaban J connectivity index is 0.976. The Kier molecular flexibility index (Phi) is 8.34. The molecule has 2 heterocycles. The Morgan fingerprint density at radius 3 is 1.38 bits per heavy atom. The van der Waals surface area contributed by atoms with E-state index in [1.807, 2.05) is 11.3 Å². The van der Waals surface area contributed by atoms with Crippen LogP contribution in [0.4, 0.5) is 51.2 Å². The number of fused-ring (bicyclic) bond motifs is 5. The van der Waals surface area contributed by atoms with Gasteiger partial charge in [0.25, 0.3) is 0 Å². The molecule has 58 heavy (non-hydrogen) atoms. The molecule has 1 aliphatic rings. The fraction of sp³-hybridized carbons (Fsp3) is 0. The van der Waals surface area contributed by atoms with Gasteiger partial charge in [-0.1, -0.05) is 133 Å². The van der Waals surface area contributed by atoms with Gasteiger partial charge in [-0.25, -0.2) is 0 Å². The molecule has 0 saturated carbocycles. The van der Waals surface area contributed by atoms with Crippen LogP contribution in [0.1, 0.15) is 0 Å². The van der Waals surface area contributed by atoms with E-state index in [0.717, 1.165) is 62.3 Å². The third-order valence-corrected chi connectivity index (χ3v) is 12.3. The molecule has 0 amide bonds. The number of para-hydroxylation sites is 5. The van der Waals surface area contributed by atoms with Gasteiger partial charge in [0.15, 0.2) is 0 Å². The summed E-state index contributed by atoms with van der Waals surface area (Å²) in [6, 6.07) is 81.1. The molecule has 0 spiro atoms. The van der Waals surface area contributed by atoms with E-state index in [4.69, 9.17) is 0 Å². The normalized spacial score (nSPS) is 12.1. The Morgan fingerprint density at radius 1 is 0.293 bits per heavy atom. The SMILES string of the molecule is c1ccc(-c2ccc(N(c3ccc(-c4cccc(N5c6ccccc6N(c6ccccc6)c6ccccc65)c4)cc3)c3ccc4c(c3)sc3ccccc34)cc2)cc1. The average molecular weight is 760 g/mol. The summed E-state index contributed by atoms with van der Waals surface area (Å²) in [6.45, 7) is 0. The molecule has 0 N–H and O–H groups in total. The van der Waals surface area contributed by atoms with Crippen molar-refractivity contribution in [2.45, 2.75) is 0 Å². The second kappa shape index (κ2) is 14.3. The summed E-state index contributed by atoms with van der Waals surface area (Å²) in [4.78, 5) is 7.13. The molecule has 0 aliphatic carbocycles. The zero-order chi connectivity index (χ0) is 38.4. The highest BCUT2D eigenvalue weighted by Gasteiger charge is 2.30. The van der Waals surface area contributed by atoms with Crippen molar-refractivity contribution in [1.29, 1.82) is 0 Å². The summed E-state index contributed by atoms with van der Waals surface area (Å²) in [5, 5.41) is 2.61. The smallest absolute Gasteiger partial charge is 0.0703 e. The van der Waals surface area contributed by atoms with Gasteiger partial charge < -0.3 is 14.7 Å². The van der Waals surface area contributed by atoms with E-state index < -0.39 is 0 Å². The van der Waals surface area contributed by atoms with Crippen LogP contribution in [0.5, 0.6) is 0 Å². The van der Waals surface area contributed by atoms with Gasteiger partial charge in [-0.3, -0.25) is 0 Å². The molecule has 11 rings (SSSR count). The highest BCUT2D eigenvalue weighted by Crippen LogP contribution is 2.54. The number of benzene rings is 9. The van der Waals surface area contributed by atoms with Crippen LogP contribution in [0.15, 0.2) is 224 Å². The lowest BCUT2D eigenvalue weighted by atomic mass is 10.0. The average Bonchev–Trinajstić information content (AvgIpc) is 3.67. The minimum atomic E-state index is 1.10. The van der Waals surface area contributed by atoms with E-state index in [2.05, 4.69) is 239 Å². The Hall–Kier alpha value is -7.40. The number of nitrogens with zero attached hydrogens (tertiary/aromatic N) is 3. The molecular weight excluding hydrogens is 723 g/mol. The first-order valence-corrected chi connectivity index (χ1v) is 20.5. The molecule has 9 aromatic carbocycles. The Labute approximate surface area is 342 Å². The van der Waals surface area contributed by atoms with Gasteiger partial charge in [-0.05, 0) is 113 Å². The molecule has 3 nitrogen and oxygen atoms in total. The lowest BCUT2D eigenvalue weighted by molar-refractivity contribution is 1.17. The van der Waals surface area contributed by atoms with Crippen LogP contribution in [0.3, 0.4) is 0 Å². The van der Waals surface area contributed by atoms with E-state index in [1.54, 1.807) is 0 Å². The Bertz CT molecular complexity index is 3020. The van der Waals surface area contributed by atoms with Crippen molar-refractivity contribution in [1.82, 2.24) is 0 Å². The van der Waals surface area contributed by atoms with Crippen LogP contribution < -0.4 is 14.7 Å². The van der Waals surface area contributed by atoms with Crippen LogP contribution in [0.2, 0.25) is 0 Å². The number of anilines is 9. The van der Waals surface area contributed by atoms with E-state index >= 15 is 0 Å². The minimum Gasteiger partial charge on any atom is -0.310 e. The molecule has 0 atom stereocenters. The van der Waals surface area contributed by atoms with Gasteiger partial charge >= 0.3 is 0 Å². The predicted molar refractivity (Wildman–Crippen MR) is 248 cm³/mol. The quantitative estimate of drug-likeness (QED) is 0.160. The predicted octanol–water partition coefficient (Wildman–Crippen LogP) is 16.1. The third kappa shape index (κ3) is 5.90. The molecule has 1 aliphatic heterocycles. The second-order valence-electron chi connectivity index (χ2n) is 14.6. The van der Waals surface area contributed by atoms with Crippen LogP contribution >= 0.6 is 11.3 Å². The van der Waals surface area contributed by atoms with E-state index in [9.17, 15) is 0 Å². The van der Waals surface area contributed by atoms with Gasteiger partial charge in [0.05, 0.1) is 22.7 Å². The molecule has 1 aromatic heterocycles. The number of thiophene rings is 1. The zero-order valence-electron chi connectivity index (χ0n) is 31.6. The monoisotopic (exact) mass is 759 g/mol. The summed E-state index contributed by atoms with van der Waals surface area (Å²) < 4.78 is 2.59. The standard InChI is InChI=1S/C54H37N3S/c1-3-14-38(15-4-1)39-26-30-43(31-27-39)55(46-34-35-48-47-20-7-12-25-53(47)58-54(48)37-46)44-32-28-40(29-33-44)41-16-13-19-45(36-41)57-51-23-10-8-21-49(51)56(42-17-5-2-6-18-42)50-22-9-11-24-52(50)57/h1-37H.